The summed E-state index contributed by atoms with van der Waals surface area (Å²) in [7, 11) is 0. The topological polar surface area (TPSA) is 103 Å². The van der Waals surface area contributed by atoms with Gasteiger partial charge in [0.25, 0.3) is 5.91 Å². The summed E-state index contributed by atoms with van der Waals surface area (Å²) in [6.07, 6.45) is -2.94. The molecule has 8 nitrogen and oxygen atoms in total. The molecule has 1 amide bonds. The summed E-state index contributed by atoms with van der Waals surface area (Å²) in [6.45, 7) is 5.38. The normalized spacial score (nSPS) is 12.0. The van der Waals surface area contributed by atoms with E-state index < -0.39 is 17.6 Å². The number of nitrogens with one attached hydrogen (secondary N) is 1. The molecule has 11 heteroatoms. The fourth-order valence-electron chi connectivity index (χ4n) is 2.48. The summed E-state index contributed by atoms with van der Waals surface area (Å²) < 4.78 is 49.6. The van der Waals surface area contributed by atoms with Crippen LogP contribution in [0.1, 0.15) is 41.4 Å². The fraction of sp³-hybridized carbons (Fsp3) is 0.350. The number of ether oxygens (including phenoxy) is 1. The maximum Gasteiger partial charge on any atom is 0.410 e. The highest BCUT2D eigenvalue weighted by molar-refractivity contribution is 5.92. The van der Waals surface area contributed by atoms with Crippen LogP contribution in [0.5, 0.6) is 5.88 Å². The van der Waals surface area contributed by atoms with E-state index >= 15 is 0 Å². The highest BCUT2D eigenvalue weighted by Crippen LogP contribution is 2.30. The van der Waals surface area contributed by atoms with E-state index in [0.717, 1.165) is 25.1 Å². The van der Waals surface area contributed by atoms with Crippen molar-refractivity contribution in [2.45, 2.75) is 46.0 Å². The quantitative estimate of drug-likeness (QED) is 0.628. The number of nitrogens with zero attached hydrogens (tertiary/aromatic N) is 4. The average Bonchev–Trinajstić information content (AvgIpc) is 3.06. The number of hydrogen-bond donors (Lipinski definition) is 1. The van der Waals surface area contributed by atoms with Gasteiger partial charge in [0.2, 0.25) is 5.88 Å². The summed E-state index contributed by atoms with van der Waals surface area (Å²) in [5, 5.41) is 13.3. The molecule has 0 radical (unpaired) electrons. The molecule has 0 unspecified atom stereocenters. The molecule has 0 atom stereocenters. The standard InChI is InChI=1S/C20H20F3N5O3/c1-11-5-6-13(9-24-11)17-14(12(2)31-28-17)10-30-16-8-7-15(26-27-16)18(29)25-19(3,4)20(21,22)23/h5-9H,10H2,1-4H3,(H,25,29). The van der Waals surface area contributed by atoms with Crippen molar-refractivity contribution in [3.8, 4) is 17.1 Å². The van der Waals surface area contributed by atoms with Crippen LogP contribution in [0.3, 0.4) is 0 Å². The molecular weight excluding hydrogens is 415 g/mol. The zero-order chi connectivity index (χ0) is 22.8. The predicted molar refractivity (Wildman–Crippen MR) is 103 cm³/mol. The first-order chi connectivity index (χ1) is 14.5. The Morgan fingerprint density at radius 2 is 1.87 bits per heavy atom. The second-order valence-electron chi connectivity index (χ2n) is 7.38. The molecule has 0 aliphatic rings. The van der Waals surface area contributed by atoms with Crippen molar-refractivity contribution in [2.24, 2.45) is 0 Å². The molecule has 0 aliphatic carbocycles. The number of halogens is 3. The van der Waals surface area contributed by atoms with Crippen LogP contribution in [0.15, 0.2) is 35.0 Å². The van der Waals surface area contributed by atoms with Crippen LogP contribution in [-0.4, -0.2) is 38.0 Å². The molecule has 31 heavy (non-hydrogen) atoms. The van der Waals surface area contributed by atoms with Crippen LogP contribution in [0.4, 0.5) is 13.2 Å². The van der Waals surface area contributed by atoms with Crippen molar-refractivity contribution in [3.63, 3.8) is 0 Å². The summed E-state index contributed by atoms with van der Waals surface area (Å²) in [4.78, 5) is 16.3. The van der Waals surface area contributed by atoms with E-state index in [1.165, 1.54) is 12.1 Å². The molecule has 0 bridgehead atoms. The Labute approximate surface area is 175 Å². The van der Waals surface area contributed by atoms with Crippen molar-refractivity contribution in [3.05, 3.63) is 53.2 Å². The van der Waals surface area contributed by atoms with Crippen molar-refractivity contribution < 1.29 is 27.2 Å². The third-order valence-corrected chi connectivity index (χ3v) is 4.54. The van der Waals surface area contributed by atoms with Crippen LogP contribution in [-0.2, 0) is 6.61 Å². The van der Waals surface area contributed by atoms with Crippen LogP contribution >= 0.6 is 0 Å². The highest BCUT2D eigenvalue weighted by atomic mass is 19.4. The minimum atomic E-state index is -4.61. The average molecular weight is 435 g/mol. The van der Waals surface area contributed by atoms with E-state index in [4.69, 9.17) is 9.26 Å². The number of amides is 1. The monoisotopic (exact) mass is 435 g/mol. The van der Waals surface area contributed by atoms with Gasteiger partial charge in [0, 0.05) is 23.5 Å². The lowest BCUT2D eigenvalue weighted by Gasteiger charge is -2.28. The maximum absolute atomic E-state index is 12.9. The molecule has 3 aromatic heterocycles. The van der Waals surface area contributed by atoms with Gasteiger partial charge in [-0.05, 0) is 45.9 Å². The van der Waals surface area contributed by atoms with E-state index in [2.05, 4.69) is 20.3 Å². The van der Waals surface area contributed by atoms with Gasteiger partial charge in [-0.15, -0.1) is 10.2 Å². The highest BCUT2D eigenvalue weighted by Gasteiger charge is 2.48. The van der Waals surface area contributed by atoms with E-state index in [0.29, 0.717) is 17.0 Å². The van der Waals surface area contributed by atoms with Crippen LogP contribution in [0.25, 0.3) is 11.3 Å². The predicted octanol–water partition coefficient (Wildman–Crippen LogP) is 3.79. The fourth-order valence-corrected chi connectivity index (χ4v) is 2.48. The molecule has 0 aliphatic heterocycles. The molecule has 164 valence electrons. The Hall–Kier alpha value is -3.50. The minimum absolute atomic E-state index is 0.0554. The first-order valence-electron chi connectivity index (χ1n) is 9.22. The lowest BCUT2D eigenvalue weighted by Crippen LogP contribution is -2.54. The molecule has 0 spiro atoms. The van der Waals surface area contributed by atoms with Gasteiger partial charge >= 0.3 is 6.18 Å². The van der Waals surface area contributed by atoms with Gasteiger partial charge in [-0.1, -0.05) is 5.16 Å². The number of pyridine rings is 1. The Balaban J connectivity index is 1.69. The number of aromatic nitrogens is 4. The molecule has 0 aromatic carbocycles. The molecule has 0 saturated heterocycles. The minimum Gasteiger partial charge on any atom is -0.472 e. The zero-order valence-electron chi connectivity index (χ0n) is 17.2. The molecular formula is C20H20F3N5O3. The third-order valence-electron chi connectivity index (χ3n) is 4.54. The van der Waals surface area contributed by atoms with Crippen LogP contribution < -0.4 is 10.1 Å². The maximum atomic E-state index is 12.9. The smallest absolute Gasteiger partial charge is 0.410 e. The van der Waals surface area contributed by atoms with Crippen molar-refractivity contribution in [1.82, 2.24) is 25.7 Å². The molecule has 0 fully saturated rings. The third kappa shape index (κ3) is 4.98. The van der Waals surface area contributed by atoms with E-state index in [1.807, 2.05) is 24.4 Å². The molecule has 3 rings (SSSR count). The largest absolute Gasteiger partial charge is 0.472 e. The Morgan fingerprint density at radius 3 is 2.45 bits per heavy atom. The van der Waals surface area contributed by atoms with E-state index in [-0.39, 0.29) is 18.2 Å². The number of aryl methyl sites for hydroxylation is 2. The van der Waals surface area contributed by atoms with Gasteiger partial charge in [0.15, 0.2) is 5.69 Å². The summed E-state index contributed by atoms with van der Waals surface area (Å²) in [6, 6.07) is 6.28. The number of rotatable bonds is 6. The SMILES string of the molecule is Cc1ccc(-c2noc(C)c2COc2ccc(C(=O)NC(C)(C)C(F)(F)F)nn2)cn1. The molecule has 3 heterocycles. The Bertz CT molecular complexity index is 1060. The van der Waals surface area contributed by atoms with E-state index in [9.17, 15) is 18.0 Å². The second kappa shape index (κ2) is 8.32. The van der Waals surface area contributed by atoms with Gasteiger partial charge in [-0.25, -0.2) is 0 Å². The Morgan fingerprint density at radius 1 is 1.13 bits per heavy atom. The van der Waals surface area contributed by atoms with Gasteiger partial charge in [0.05, 0.1) is 5.56 Å². The van der Waals surface area contributed by atoms with Crippen molar-refractivity contribution >= 4 is 5.91 Å². The van der Waals surface area contributed by atoms with E-state index in [1.54, 1.807) is 13.1 Å². The van der Waals surface area contributed by atoms with Crippen LogP contribution in [0.2, 0.25) is 0 Å². The molecule has 1 N–H and O–H groups in total. The first kappa shape index (κ1) is 22.2. The van der Waals surface area contributed by atoms with Crippen LogP contribution in [0, 0.1) is 13.8 Å². The van der Waals surface area contributed by atoms with Gasteiger partial charge in [0.1, 0.15) is 23.6 Å². The molecule has 3 aromatic rings. The number of hydrogen-bond acceptors (Lipinski definition) is 7. The summed E-state index contributed by atoms with van der Waals surface area (Å²) in [5.41, 5.74) is 0.196. The van der Waals surface area contributed by atoms with Gasteiger partial charge in [-0.2, -0.15) is 13.2 Å². The number of carbonyl (C=O) groups excluding carboxylic acids is 1. The summed E-state index contributed by atoms with van der Waals surface area (Å²) >= 11 is 0. The second-order valence-corrected chi connectivity index (χ2v) is 7.38. The van der Waals surface area contributed by atoms with Gasteiger partial charge < -0.3 is 14.6 Å². The Kier molecular flexibility index (Phi) is 5.96. The molecule has 0 saturated carbocycles. The van der Waals surface area contributed by atoms with Crippen molar-refractivity contribution in [2.75, 3.05) is 0 Å². The summed E-state index contributed by atoms with van der Waals surface area (Å²) in [5.74, 6) is -0.362. The number of alkyl halides is 3. The van der Waals surface area contributed by atoms with Gasteiger partial charge in [-0.3, -0.25) is 9.78 Å². The number of carbonyl (C=O) groups is 1. The van der Waals surface area contributed by atoms with Crippen molar-refractivity contribution in [1.29, 1.82) is 0 Å². The zero-order valence-corrected chi connectivity index (χ0v) is 17.2. The first-order valence-corrected chi connectivity index (χ1v) is 9.22. The lowest BCUT2D eigenvalue weighted by atomic mass is 10.1. The lowest BCUT2D eigenvalue weighted by molar-refractivity contribution is -0.182.